The maximum atomic E-state index is 12.2. The second kappa shape index (κ2) is 9.18. The largest absolute Gasteiger partial charge is 0.493 e. The minimum absolute atomic E-state index is 0.0670. The molecule has 0 aromatic heterocycles. The summed E-state index contributed by atoms with van der Waals surface area (Å²) < 4.78 is 10.5. The number of rotatable bonds is 7. The van der Waals surface area contributed by atoms with Gasteiger partial charge in [-0.3, -0.25) is 0 Å². The summed E-state index contributed by atoms with van der Waals surface area (Å²) in [5.74, 6) is 1.29. The number of hydrogen-bond donors (Lipinski definition) is 2. The molecule has 0 saturated carbocycles. The first-order valence-corrected chi connectivity index (χ1v) is 8.46. The molecular weight excluding hydrogens is 340 g/mol. The molecular formula is C19H23ClN2O3. The zero-order valence-corrected chi connectivity index (χ0v) is 15.4. The number of nitrogens with one attached hydrogen (secondary N) is 2. The van der Waals surface area contributed by atoms with Crippen LogP contribution in [0.5, 0.6) is 11.5 Å². The fraction of sp³-hybridized carbons (Fsp3) is 0.316. The SMILES string of the molecule is CCC(NC(=O)NCc1ccc(OC)c(OC)c1)c1ccc(Cl)cc1. The lowest BCUT2D eigenvalue weighted by Gasteiger charge is -2.18. The molecule has 2 rings (SSSR count). The molecule has 0 aliphatic carbocycles. The van der Waals surface area contributed by atoms with Gasteiger partial charge in [0.25, 0.3) is 0 Å². The Kier molecular flexibility index (Phi) is 6.95. The van der Waals surface area contributed by atoms with Crippen LogP contribution in [0.25, 0.3) is 0 Å². The summed E-state index contributed by atoms with van der Waals surface area (Å²) in [6, 6.07) is 12.7. The van der Waals surface area contributed by atoms with E-state index in [-0.39, 0.29) is 12.1 Å². The lowest BCUT2D eigenvalue weighted by Crippen LogP contribution is -2.37. The highest BCUT2D eigenvalue weighted by molar-refractivity contribution is 6.30. The van der Waals surface area contributed by atoms with E-state index in [9.17, 15) is 4.79 Å². The summed E-state index contributed by atoms with van der Waals surface area (Å²) in [4.78, 5) is 12.2. The van der Waals surface area contributed by atoms with Gasteiger partial charge in [-0.1, -0.05) is 36.7 Å². The Bertz CT molecular complexity index is 704. The van der Waals surface area contributed by atoms with E-state index in [2.05, 4.69) is 10.6 Å². The van der Waals surface area contributed by atoms with Crippen LogP contribution in [0, 0.1) is 0 Å². The highest BCUT2D eigenvalue weighted by Crippen LogP contribution is 2.27. The average molecular weight is 363 g/mol. The number of benzene rings is 2. The first-order valence-electron chi connectivity index (χ1n) is 8.08. The molecule has 2 aromatic rings. The van der Waals surface area contributed by atoms with E-state index in [0.29, 0.717) is 23.1 Å². The fourth-order valence-corrected chi connectivity index (χ4v) is 2.62. The number of amides is 2. The third-order valence-electron chi connectivity index (χ3n) is 3.89. The van der Waals surface area contributed by atoms with Crippen molar-refractivity contribution in [2.75, 3.05) is 14.2 Å². The molecule has 0 bridgehead atoms. The van der Waals surface area contributed by atoms with Crippen molar-refractivity contribution in [3.63, 3.8) is 0 Å². The van der Waals surface area contributed by atoms with Gasteiger partial charge < -0.3 is 20.1 Å². The molecule has 0 radical (unpaired) electrons. The van der Waals surface area contributed by atoms with E-state index in [4.69, 9.17) is 21.1 Å². The third kappa shape index (κ3) is 5.29. The molecule has 5 nitrogen and oxygen atoms in total. The van der Waals surface area contributed by atoms with Crippen molar-refractivity contribution in [2.45, 2.75) is 25.9 Å². The standard InChI is InChI=1S/C19H23ClN2O3/c1-4-16(14-6-8-15(20)9-7-14)22-19(23)21-12-13-5-10-17(24-2)18(11-13)25-3/h5-11,16H,4,12H2,1-3H3,(H2,21,22,23). The molecule has 0 fully saturated rings. The first kappa shape index (κ1) is 18.9. The Labute approximate surface area is 153 Å². The van der Waals surface area contributed by atoms with Gasteiger partial charge in [-0.15, -0.1) is 0 Å². The average Bonchev–Trinajstić information content (AvgIpc) is 2.64. The van der Waals surface area contributed by atoms with Crippen LogP contribution in [0.1, 0.15) is 30.5 Å². The molecule has 2 amide bonds. The van der Waals surface area contributed by atoms with Gasteiger partial charge in [0.2, 0.25) is 0 Å². The predicted octanol–water partition coefficient (Wildman–Crippen LogP) is 4.31. The molecule has 0 aliphatic rings. The summed E-state index contributed by atoms with van der Waals surface area (Å²) in [6.07, 6.45) is 0.783. The van der Waals surface area contributed by atoms with Crippen LogP contribution in [0.2, 0.25) is 5.02 Å². The molecule has 0 heterocycles. The maximum absolute atomic E-state index is 12.2. The summed E-state index contributed by atoms with van der Waals surface area (Å²) >= 11 is 5.91. The normalized spacial score (nSPS) is 11.5. The van der Waals surface area contributed by atoms with Crippen LogP contribution < -0.4 is 20.1 Å². The fourth-order valence-electron chi connectivity index (χ4n) is 2.50. The van der Waals surface area contributed by atoms with Crippen molar-refractivity contribution in [1.29, 1.82) is 0 Å². The van der Waals surface area contributed by atoms with Gasteiger partial charge in [-0.05, 0) is 41.8 Å². The number of carbonyl (C=O) groups excluding carboxylic acids is 1. The van der Waals surface area contributed by atoms with Gasteiger partial charge >= 0.3 is 6.03 Å². The Hall–Kier alpha value is -2.40. The van der Waals surface area contributed by atoms with E-state index >= 15 is 0 Å². The van der Waals surface area contributed by atoms with E-state index in [1.54, 1.807) is 14.2 Å². The summed E-state index contributed by atoms with van der Waals surface area (Å²) in [5.41, 5.74) is 1.94. The maximum Gasteiger partial charge on any atom is 0.315 e. The Morgan fingerprint density at radius 3 is 2.36 bits per heavy atom. The number of carbonyl (C=O) groups is 1. The number of hydrogen-bond acceptors (Lipinski definition) is 3. The van der Waals surface area contributed by atoms with E-state index in [1.165, 1.54) is 0 Å². The predicted molar refractivity (Wildman–Crippen MR) is 99.4 cm³/mol. The second-order valence-electron chi connectivity index (χ2n) is 5.53. The van der Waals surface area contributed by atoms with Crippen molar-refractivity contribution in [3.8, 4) is 11.5 Å². The smallest absolute Gasteiger partial charge is 0.315 e. The Morgan fingerprint density at radius 2 is 1.76 bits per heavy atom. The monoisotopic (exact) mass is 362 g/mol. The van der Waals surface area contributed by atoms with Gasteiger partial charge in [-0.25, -0.2) is 4.79 Å². The summed E-state index contributed by atoms with van der Waals surface area (Å²) in [5, 5.41) is 6.51. The van der Waals surface area contributed by atoms with Crippen molar-refractivity contribution in [1.82, 2.24) is 10.6 Å². The minimum atomic E-state index is -0.225. The van der Waals surface area contributed by atoms with Gasteiger partial charge in [0.05, 0.1) is 20.3 Å². The number of methoxy groups -OCH3 is 2. The van der Waals surface area contributed by atoms with Crippen molar-refractivity contribution in [3.05, 3.63) is 58.6 Å². The zero-order valence-electron chi connectivity index (χ0n) is 14.6. The van der Waals surface area contributed by atoms with E-state index in [1.807, 2.05) is 49.4 Å². The lowest BCUT2D eigenvalue weighted by atomic mass is 10.1. The van der Waals surface area contributed by atoms with Crippen molar-refractivity contribution >= 4 is 17.6 Å². The Balaban J connectivity index is 1.94. The molecule has 6 heteroatoms. The molecule has 0 spiro atoms. The van der Waals surface area contributed by atoms with E-state index in [0.717, 1.165) is 17.5 Å². The van der Waals surface area contributed by atoms with Crippen LogP contribution in [0.15, 0.2) is 42.5 Å². The van der Waals surface area contributed by atoms with Gasteiger partial charge in [0.1, 0.15) is 0 Å². The van der Waals surface area contributed by atoms with Crippen LogP contribution in [0.4, 0.5) is 4.79 Å². The summed E-state index contributed by atoms with van der Waals surface area (Å²) in [6.45, 7) is 2.41. The van der Waals surface area contributed by atoms with Gasteiger partial charge in [0.15, 0.2) is 11.5 Å². The van der Waals surface area contributed by atoms with Gasteiger partial charge in [-0.2, -0.15) is 0 Å². The number of halogens is 1. The molecule has 134 valence electrons. The van der Waals surface area contributed by atoms with Crippen LogP contribution in [0.3, 0.4) is 0 Å². The molecule has 0 aliphatic heterocycles. The molecule has 2 N–H and O–H groups in total. The molecule has 25 heavy (non-hydrogen) atoms. The number of ether oxygens (including phenoxy) is 2. The highest BCUT2D eigenvalue weighted by atomic mass is 35.5. The van der Waals surface area contributed by atoms with Crippen LogP contribution in [-0.4, -0.2) is 20.3 Å². The topological polar surface area (TPSA) is 59.6 Å². The highest BCUT2D eigenvalue weighted by Gasteiger charge is 2.13. The molecule has 1 unspecified atom stereocenters. The quantitative estimate of drug-likeness (QED) is 0.771. The third-order valence-corrected chi connectivity index (χ3v) is 4.14. The minimum Gasteiger partial charge on any atom is -0.493 e. The number of urea groups is 1. The molecule has 2 aromatic carbocycles. The lowest BCUT2D eigenvalue weighted by molar-refractivity contribution is 0.236. The second-order valence-corrected chi connectivity index (χ2v) is 5.97. The first-order chi connectivity index (χ1) is 12.1. The van der Waals surface area contributed by atoms with Gasteiger partial charge in [0, 0.05) is 11.6 Å². The molecule has 1 atom stereocenters. The molecule has 0 saturated heterocycles. The van der Waals surface area contributed by atoms with Crippen molar-refractivity contribution in [2.24, 2.45) is 0 Å². The van der Waals surface area contributed by atoms with E-state index < -0.39 is 0 Å². The van der Waals surface area contributed by atoms with Crippen LogP contribution >= 0.6 is 11.6 Å². The van der Waals surface area contributed by atoms with Crippen molar-refractivity contribution < 1.29 is 14.3 Å². The van der Waals surface area contributed by atoms with Crippen LogP contribution in [-0.2, 0) is 6.54 Å². The zero-order chi connectivity index (χ0) is 18.2. The Morgan fingerprint density at radius 1 is 1.08 bits per heavy atom. The summed E-state index contributed by atoms with van der Waals surface area (Å²) in [7, 11) is 3.17.